The number of hydrogen-bond donors (Lipinski definition) is 3. The van der Waals surface area contributed by atoms with Crippen LogP contribution in [0.2, 0.25) is 0 Å². The van der Waals surface area contributed by atoms with Crippen LogP contribution in [0.5, 0.6) is 5.75 Å². The van der Waals surface area contributed by atoms with Crippen molar-refractivity contribution < 1.29 is 9.90 Å². The van der Waals surface area contributed by atoms with E-state index in [1.54, 1.807) is 12.3 Å². The van der Waals surface area contributed by atoms with Crippen molar-refractivity contribution in [2.75, 3.05) is 11.1 Å². The van der Waals surface area contributed by atoms with Gasteiger partial charge in [0.2, 0.25) is 0 Å². The number of hydrogen-bond acceptors (Lipinski definition) is 4. The third kappa shape index (κ3) is 2.85. The molecule has 0 unspecified atom stereocenters. The maximum absolute atomic E-state index is 12.0. The van der Waals surface area contributed by atoms with Crippen molar-refractivity contribution in [2.45, 2.75) is 6.92 Å². The zero-order chi connectivity index (χ0) is 14.0. The molecular weight excluding hydrogens is 310 g/mol. The van der Waals surface area contributed by atoms with Gasteiger partial charge in [0.25, 0.3) is 5.91 Å². The molecule has 6 heteroatoms. The molecular formula is C13H12BrN3O2. The number of phenols is 1. The van der Waals surface area contributed by atoms with Crippen molar-refractivity contribution in [1.82, 2.24) is 4.98 Å². The normalized spacial score (nSPS) is 10.2. The lowest BCUT2D eigenvalue weighted by Gasteiger charge is -2.09. The molecule has 5 nitrogen and oxygen atoms in total. The summed E-state index contributed by atoms with van der Waals surface area (Å²) in [6, 6.07) is 6.46. The summed E-state index contributed by atoms with van der Waals surface area (Å²) in [6.45, 7) is 1.83. The van der Waals surface area contributed by atoms with Gasteiger partial charge in [0.05, 0.1) is 11.3 Å². The van der Waals surface area contributed by atoms with Crippen molar-refractivity contribution in [3.05, 3.63) is 46.1 Å². The van der Waals surface area contributed by atoms with Gasteiger partial charge in [-0.05, 0) is 46.6 Å². The molecule has 0 atom stereocenters. The zero-order valence-electron chi connectivity index (χ0n) is 10.1. The Bertz CT molecular complexity index is 644. The Kier molecular flexibility index (Phi) is 3.71. The van der Waals surface area contributed by atoms with Gasteiger partial charge in [0, 0.05) is 10.7 Å². The molecule has 0 saturated carbocycles. The smallest absolute Gasteiger partial charge is 0.260 e. The first kappa shape index (κ1) is 13.4. The lowest BCUT2D eigenvalue weighted by Crippen LogP contribution is -2.14. The number of nitrogens with one attached hydrogen (secondary N) is 1. The maximum Gasteiger partial charge on any atom is 0.260 e. The van der Waals surface area contributed by atoms with Crippen molar-refractivity contribution in [1.29, 1.82) is 0 Å². The molecule has 2 aromatic rings. The van der Waals surface area contributed by atoms with E-state index in [1.807, 2.05) is 13.0 Å². The summed E-state index contributed by atoms with van der Waals surface area (Å²) in [5.41, 5.74) is 6.64. The molecule has 0 aliphatic carbocycles. The van der Waals surface area contributed by atoms with Crippen molar-refractivity contribution in [2.24, 2.45) is 0 Å². The number of rotatable bonds is 2. The number of amides is 1. The Hall–Kier alpha value is -2.08. The molecule has 2 rings (SSSR count). The number of nitrogens with two attached hydrogens (primary N) is 1. The minimum Gasteiger partial charge on any atom is -0.505 e. The van der Waals surface area contributed by atoms with Crippen molar-refractivity contribution in [3.63, 3.8) is 0 Å². The highest BCUT2D eigenvalue weighted by atomic mass is 79.9. The fourth-order valence-electron chi connectivity index (χ4n) is 1.59. The van der Waals surface area contributed by atoms with E-state index in [9.17, 15) is 9.90 Å². The van der Waals surface area contributed by atoms with Crippen molar-refractivity contribution in [3.8, 4) is 5.75 Å². The summed E-state index contributed by atoms with van der Waals surface area (Å²) in [5, 5.41) is 12.4. The average Bonchev–Trinajstić information content (AvgIpc) is 2.36. The van der Waals surface area contributed by atoms with Gasteiger partial charge in [-0.15, -0.1) is 0 Å². The molecule has 1 amide bonds. The first-order valence-corrected chi connectivity index (χ1v) is 6.29. The predicted octanol–water partition coefficient (Wildman–Crippen LogP) is 2.69. The van der Waals surface area contributed by atoms with Crippen LogP contribution in [0.3, 0.4) is 0 Å². The number of aryl methyl sites for hydroxylation is 1. The van der Waals surface area contributed by atoms with E-state index in [1.165, 1.54) is 12.1 Å². The van der Waals surface area contributed by atoms with E-state index in [4.69, 9.17) is 5.73 Å². The molecule has 0 bridgehead atoms. The van der Waals surface area contributed by atoms with E-state index in [0.29, 0.717) is 5.82 Å². The maximum atomic E-state index is 12.0. The fraction of sp³-hybridized carbons (Fsp3) is 0.0769. The van der Waals surface area contributed by atoms with Crippen LogP contribution in [0.1, 0.15) is 15.9 Å². The molecule has 0 saturated heterocycles. The largest absolute Gasteiger partial charge is 0.505 e. The van der Waals surface area contributed by atoms with Crippen LogP contribution >= 0.6 is 15.9 Å². The number of aromatic hydroxyl groups is 1. The Labute approximate surface area is 118 Å². The minimum absolute atomic E-state index is 0.115. The first-order chi connectivity index (χ1) is 8.99. The number of aromatic nitrogens is 1. The molecule has 98 valence electrons. The van der Waals surface area contributed by atoms with Crippen LogP contribution in [-0.4, -0.2) is 16.0 Å². The van der Waals surface area contributed by atoms with E-state index in [2.05, 4.69) is 26.2 Å². The Morgan fingerprint density at radius 3 is 2.89 bits per heavy atom. The summed E-state index contributed by atoms with van der Waals surface area (Å²) >= 11 is 3.30. The van der Waals surface area contributed by atoms with Crippen LogP contribution in [-0.2, 0) is 0 Å². The SMILES string of the molecule is Cc1cc(Br)cnc1NC(=O)c1cccc(N)c1O. The number of benzene rings is 1. The van der Waals surface area contributed by atoms with E-state index in [-0.39, 0.29) is 17.0 Å². The molecule has 1 aromatic heterocycles. The Morgan fingerprint density at radius 2 is 2.21 bits per heavy atom. The van der Waals surface area contributed by atoms with Crippen LogP contribution in [0.25, 0.3) is 0 Å². The molecule has 0 spiro atoms. The highest BCUT2D eigenvalue weighted by Crippen LogP contribution is 2.25. The molecule has 4 N–H and O–H groups in total. The topological polar surface area (TPSA) is 88.2 Å². The summed E-state index contributed by atoms with van der Waals surface area (Å²) in [6.07, 6.45) is 1.59. The Morgan fingerprint density at radius 1 is 1.47 bits per heavy atom. The van der Waals surface area contributed by atoms with Crippen LogP contribution < -0.4 is 11.1 Å². The molecule has 19 heavy (non-hydrogen) atoms. The molecule has 0 aliphatic heterocycles. The highest BCUT2D eigenvalue weighted by molar-refractivity contribution is 9.10. The molecule has 0 fully saturated rings. The van der Waals surface area contributed by atoms with Gasteiger partial charge in [-0.1, -0.05) is 6.07 Å². The number of anilines is 2. The number of carbonyl (C=O) groups is 1. The molecule has 0 aliphatic rings. The van der Waals surface area contributed by atoms with E-state index >= 15 is 0 Å². The molecule has 1 aromatic carbocycles. The van der Waals surface area contributed by atoms with Crippen molar-refractivity contribution >= 4 is 33.3 Å². The summed E-state index contributed by atoms with van der Waals surface area (Å²) < 4.78 is 0.829. The number of phenolic OH excluding ortho intramolecular Hbond substituents is 1. The lowest BCUT2D eigenvalue weighted by molar-refractivity contribution is 0.102. The third-order valence-corrected chi connectivity index (χ3v) is 3.02. The van der Waals surface area contributed by atoms with Gasteiger partial charge in [-0.3, -0.25) is 4.79 Å². The highest BCUT2D eigenvalue weighted by Gasteiger charge is 2.14. The minimum atomic E-state index is -0.456. The summed E-state index contributed by atoms with van der Waals surface area (Å²) in [4.78, 5) is 16.1. The number of nitrogens with zero attached hydrogens (tertiary/aromatic N) is 1. The number of para-hydroxylation sites is 1. The van der Waals surface area contributed by atoms with E-state index < -0.39 is 5.91 Å². The van der Waals surface area contributed by atoms with Crippen LogP contribution in [0.15, 0.2) is 34.9 Å². The second-order valence-electron chi connectivity index (χ2n) is 4.02. The Balaban J connectivity index is 2.28. The quantitative estimate of drug-likeness (QED) is 0.586. The third-order valence-electron chi connectivity index (χ3n) is 2.59. The zero-order valence-corrected chi connectivity index (χ0v) is 11.7. The first-order valence-electron chi connectivity index (χ1n) is 5.50. The van der Waals surface area contributed by atoms with Crippen LogP contribution in [0, 0.1) is 6.92 Å². The summed E-state index contributed by atoms with van der Waals surface area (Å²) in [5.74, 6) is -0.243. The monoisotopic (exact) mass is 321 g/mol. The second kappa shape index (κ2) is 5.27. The number of nitrogen functional groups attached to an aromatic ring is 1. The van der Waals surface area contributed by atoms with Gasteiger partial charge >= 0.3 is 0 Å². The van der Waals surface area contributed by atoms with Gasteiger partial charge in [-0.2, -0.15) is 0 Å². The number of pyridine rings is 1. The van der Waals surface area contributed by atoms with Gasteiger partial charge in [0.15, 0.2) is 5.75 Å². The predicted molar refractivity (Wildman–Crippen MR) is 77.1 cm³/mol. The van der Waals surface area contributed by atoms with Crippen LogP contribution in [0.4, 0.5) is 11.5 Å². The van der Waals surface area contributed by atoms with Gasteiger partial charge in [0.1, 0.15) is 5.82 Å². The second-order valence-corrected chi connectivity index (χ2v) is 4.93. The van der Waals surface area contributed by atoms with Gasteiger partial charge < -0.3 is 16.2 Å². The van der Waals surface area contributed by atoms with E-state index in [0.717, 1.165) is 10.0 Å². The number of halogens is 1. The lowest BCUT2D eigenvalue weighted by atomic mass is 10.1. The standard InChI is InChI=1S/C13H12BrN3O2/c1-7-5-8(14)6-16-12(7)17-13(19)9-3-2-4-10(15)11(9)18/h2-6,18H,15H2,1H3,(H,16,17,19). The molecule has 1 heterocycles. The average molecular weight is 322 g/mol. The molecule has 0 radical (unpaired) electrons. The van der Waals surface area contributed by atoms with Gasteiger partial charge in [-0.25, -0.2) is 4.98 Å². The summed E-state index contributed by atoms with van der Waals surface area (Å²) in [7, 11) is 0. The number of carbonyl (C=O) groups excluding carboxylic acids is 1. The fourth-order valence-corrected chi connectivity index (χ4v) is 2.04.